The van der Waals surface area contributed by atoms with Crippen molar-refractivity contribution >= 4 is 53.4 Å². The normalized spacial score (nSPS) is 11.6. The molecule has 0 atom stereocenters. The Morgan fingerprint density at radius 2 is 1.20 bits per heavy atom. The van der Waals surface area contributed by atoms with Crippen molar-refractivity contribution in [2.75, 3.05) is 0 Å². The van der Waals surface area contributed by atoms with Crippen LogP contribution in [0, 0.1) is 0 Å². The van der Waals surface area contributed by atoms with Crippen molar-refractivity contribution in [3.63, 3.8) is 0 Å². The average molecular weight is 658 g/mol. The van der Waals surface area contributed by atoms with Crippen molar-refractivity contribution in [2.45, 2.75) is 0 Å². The fourth-order valence-corrected chi connectivity index (χ4v) is 8.26. The van der Waals surface area contributed by atoms with E-state index >= 15 is 0 Å². The van der Waals surface area contributed by atoms with Crippen LogP contribution in [0.2, 0.25) is 0 Å². The van der Waals surface area contributed by atoms with Gasteiger partial charge in [-0.3, -0.25) is 4.98 Å². The van der Waals surface area contributed by atoms with Gasteiger partial charge in [-0.2, -0.15) is 0 Å². The van der Waals surface area contributed by atoms with Gasteiger partial charge in [0.1, 0.15) is 11.2 Å². The third-order valence-corrected chi connectivity index (χ3v) is 10.7. The van der Waals surface area contributed by atoms with E-state index in [2.05, 4.69) is 120 Å². The standard InChI is InChI=1S/C45H27N3OS/c1-2-10-30(11-3-1)45-47-38(29-21-19-28(20-22-29)31-12-9-25-46-27-31)26-39(48-45)36-24-23-33(43-42(36)37-14-4-6-17-40(37)49-43)35-16-8-15-34-32-13-5-7-18-41(32)50-44(34)35/h1-27H. The van der Waals surface area contributed by atoms with Gasteiger partial charge in [0, 0.05) is 71.2 Å². The molecule has 0 unspecified atom stereocenters. The first-order chi connectivity index (χ1) is 24.8. The Morgan fingerprint density at radius 1 is 0.480 bits per heavy atom. The van der Waals surface area contributed by atoms with Crippen LogP contribution < -0.4 is 0 Å². The molecule has 4 nitrogen and oxygen atoms in total. The molecule has 0 amide bonds. The van der Waals surface area contributed by atoms with E-state index in [0.29, 0.717) is 5.82 Å². The summed E-state index contributed by atoms with van der Waals surface area (Å²) in [5.74, 6) is 0.675. The average Bonchev–Trinajstić information content (AvgIpc) is 3.78. The maximum Gasteiger partial charge on any atom is 0.160 e. The molecule has 50 heavy (non-hydrogen) atoms. The van der Waals surface area contributed by atoms with E-state index in [1.807, 2.05) is 53.9 Å². The lowest BCUT2D eigenvalue weighted by molar-refractivity contribution is 0.670. The molecule has 0 bridgehead atoms. The van der Waals surface area contributed by atoms with E-state index in [9.17, 15) is 0 Å². The van der Waals surface area contributed by atoms with Gasteiger partial charge in [-0.15, -0.1) is 11.3 Å². The molecule has 0 radical (unpaired) electrons. The highest BCUT2D eigenvalue weighted by Crippen LogP contribution is 2.46. The van der Waals surface area contributed by atoms with Crippen LogP contribution >= 0.6 is 11.3 Å². The van der Waals surface area contributed by atoms with Crippen molar-refractivity contribution in [3.8, 4) is 56.2 Å². The Bertz CT molecular complexity index is 2860. The molecule has 0 aliphatic carbocycles. The molecular formula is C45H27N3OS. The van der Waals surface area contributed by atoms with Gasteiger partial charge >= 0.3 is 0 Å². The van der Waals surface area contributed by atoms with Gasteiger partial charge in [0.05, 0.1) is 11.4 Å². The number of hydrogen-bond donors (Lipinski definition) is 0. The summed E-state index contributed by atoms with van der Waals surface area (Å²) >= 11 is 1.83. The van der Waals surface area contributed by atoms with Crippen molar-refractivity contribution in [1.82, 2.24) is 15.0 Å². The Morgan fingerprint density at radius 3 is 2.06 bits per heavy atom. The Balaban J connectivity index is 1.20. The summed E-state index contributed by atoms with van der Waals surface area (Å²) in [6.07, 6.45) is 3.68. The van der Waals surface area contributed by atoms with Crippen molar-refractivity contribution in [3.05, 3.63) is 164 Å². The second-order valence-electron chi connectivity index (χ2n) is 12.4. The molecule has 0 N–H and O–H groups in total. The Labute approximate surface area is 292 Å². The molecule has 0 saturated carbocycles. The highest BCUT2D eigenvalue weighted by atomic mass is 32.1. The van der Waals surface area contributed by atoms with Gasteiger partial charge in [-0.1, -0.05) is 121 Å². The van der Waals surface area contributed by atoms with E-state index < -0.39 is 0 Å². The summed E-state index contributed by atoms with van der Waals surface area (Å²) in [5.41, 5.74) is 10.8. The fraction of sp³-hybridized carbons (Fsp3) is 0. The zero-order valence-electron chi connectivity index (χ0n) is 26.7. The van der Waals surface area contributed by atoms with Gasteiger partial charge in [-0.05, 0) is 41.5 Å². The van der Waals surface area contributed by atoms with Crippen LogP contribution in [0.3, 0.4) is 0 Å². The number of pyridine rings is 1. The molecule has 4 aromatic heterocycles. The number of hydrogen-bond acceptors (Lipinski definition) is 5. The van der Waals surface area contributed by atoms with E-state index in [-0.39, 0.29) is 0 Å². The Kier molecular flexibility index (Phi) is 6.64. The SMILES string of the molecule is c1ccc(-c2nc(-c3ccc(-c4cccnc4)cc3)cc(-c3ccc(-c4cccc5c4sc4ccccc45)c4oc5ccccc5c34)n2)cc1. The summed E-state index contributed by atoms with van der Waals surface area (Å²) in [6, 6.07) is 52.8. The second kappa shape index (κ2) is 11.6. The molecule has 10 rings (SSSR count). The molecule has 234 valence electrons. The van der Waals surface area contributed by atoms with Gasteiger partial charge < -0.3 is 4.42 Å². The summed E-state index contributed by atoms with van der Waals surface area (Å²) in [6.45, 7) is 0. The fourth-order valence-electron chi connectivity index (χ4n) is 7.03. The highest BCUT2D eigenvalue weighted by Gasteiger charge is 2.21. The zero-order chi connectivity index (χ0) is 33.0. The van der Waals surface area contributed by atoms with Crippen LogP contribution in [-0.4, -0.2) is 15.0 Å². The number of para-hydroxylation sites is 1. The summed E-state index contributed by atoms with van der Waals surface area (Å²) in [7, 11) is 0. The number of furan rings is 1. The van der Waals surface area contributed by atoms with Crippen LogP contribution in [0.25, 0.3) is 98.3 Å². The topological polar surface area (TPSA) is 51.8 Å². The summed E-state index contributed by atoms with van der Waals surface area (Å²) in [4.78, 5) is 14.6. The van der Waals surface area contributed by atoms with Crippen LogP contribution in [0.5, 0.6) is 0 Å². The first kappa shape index (κ1) is 28.6. The zero-order valence-corrected chi connectivity index (χ0v) is 27.6. The number of nitrogens with zero attached hydrogens (tertiary/aromatic N) is 3. The molecule has 6 aromatic carbocycles. The van der Waals surface area contributed by atoms with Gasteiger partial charge in [0.25, 0.3) is 0 Å². The van der Waals surface area contributed by atoms with E-state index in [0.717, 1.165) is 66.7 Å². The Hall–Kier alpha value is -6.43. The maximum atomic E-state index is 6.76. The lowest BCUT2D eigenvalue weighted by Crippen LogP contribution is -1.96. The number of fused-ring (bicyclic) bond motifs is 6. The lowest BCUT2D eigenvalue weighted by atomic mass is 9.95. The van der Waals surface area contributed by atoms with Crippen molar-refractivity contribution in [2.24, 2.45) is 0 Å². The predicted octanol–water partition coefficient (Wildman–Crippen LogP) is 12.5. The summed E-state index contributed by atoms with van der Waals surface area (Å²) < 4.78 is 9.30. The predicted molar refractivity (Wildman–Crippen MR) is 207 cm³/mol. The number of benzene rings is 6. The van der Waals surface area contributed by atoms with Crippen molar-refractivity contribution in [1.29, 1.82) is 0 Å². The quantitative estimate of drug-likeness (QED) is 0.185. The van der Waals surface area contributed by atoms with Crippen LogP contribution in [0.15, 0.2) is 168 Å². The molecule has 5 heteroatoms. The largest absolute Gasteiger partial charge is 0.455 e. The second-order valence-corrected chi connectivity index (χ2v) is 13.4. The minimum absolute atomic E-state index is 0.675. The van der Waals surface area contributed by atoms with Gasteiger partial charge in [-0.25, -0.2) is 9.97 Å². The minimum atomic E-state index is 0.675. The first-order valence-corrected chi connectivity index (χ1v) is 17.4. The van der Waals surface area contributed by atoms with E-state index in [1.54, 1.807) is 6.20 Å². The van der Waals surface area contributed by atoms with Crippen molar-refractivity contribution < 1.29 is 4.42 Å². The lowest BCUT2D eigenvalue weighted by Gasteiger charge is -2.12. The van der Waals surface area contributed by atoms with Gasteiger partial charge in [0.2, 0.25) is 0 Å². The monoisotopic (exact) mass is 657 g/mol. The minimum Gasteiger partial charge on any atom is -0.455 e. The molecule has 0 spiro atoms. The molecular weight excluding hydrogens is 631 g/mol. The first-order valence-electron chi connectivity index (χ1n) is 16.6. The summed E-state index contributed by atoms with van der Waals surface area (Å²) in [5, 5.41) is 4.65. The third kappa shape index (κ3) is 4.71. The smallest absolute Gasteiger partial charge is 0.160 e. The number of rotatable bonds is 5. The van der Waals surface area contributed by atoms with Crippen LogP contribution in [0.1, 0.15) is 0 Å². The van der Waals surface area contributed by atoms with Crippen LogP contribution in [0.4, 0.5) is 0 Å². The highest BCUT2D eigenvalue weighted by molar-refractivity contribution is 7.26. The maximum absolute atomic E-state index is 6.76. The van der Waals surface area contributed by atoms with E-state index in [4.69, 9.17) is 14.4 Å². The molecule has 0 aliphatic heterocycles. The molecule has 0 saturated heterocycles. The third-order valence-electron chi connectivity index (χ3n) is 9.43. The molecule has 0 fully saturated rings. The molecule has 0 aliphatic rings. The van der Waals surface area contributed by atoms with Gasteiger partial charge in [0.15, 0.2) is 5.82 Å². The number of aromatic nitrogens is 3. The molecule has 4 heterocycles. The van der Waals surface area contributed by atoms with E-state index in [1.165, 1.54) is 25.7 Å². The molecule has 10 aromatic rings. The number of thiophene rings is 1. The van der Waals surface area contributed by atoms with Crippen LogP contribution in [-0.2, 0) is 0 Å².